The third kappa shape index (κ3) is 4.39. The molecule has 1 aliphatic carbocycles. The number of H-pyrrole nitrogens is 1. The summed E-state index contributed by atoms with van der Waals surface area (Å²) in [7, 11) is 0. The molecule has 1 aromatic carbocycles. The first kappa shape index (κ1) is 19.4. The van der Waals surface area contributed by atoms with Crippen LogP contribution in [0.4, 0.5) is 10.1 Å². The Morgan fingerprint density at radius 2 is 1.93 bits per heavy atom. The van der Waals surface area contributed by atoms with Crippen LogP contribution in [0, 0.1) is 11.7 Å². The molecule has 2 N–H and O–H groups in total. The van der Waals surface area contributed by atoms with Crippen molar-refractivity contribution in [3.63, 3.8) is 0 Å². The Labute approximate surface area is 169 Å². The van der Waals surface area contributed by atoms with Crippen molar-refractivity contribution in [1.29, 1.82) is 0 Å². The Kier molecular flexibility index (Phi) is 5.74. The van der Waals surface area contributed by atoms with Gasteiger partial charge in [-0.1, -0.05) is 24.3 Å². The highest BCUT2D eigenvalue weighted by molar-refractivity contribution is 6.03. The van der Waals surface area contributed by atoms with Gasteiger partial charge in [0.15, 0.2) is 5.69 Å². The van der Waals surface area contributed by atoms with E-state index in [9.17, 15) is 14.0 Å². The van der Waals surface area contributed by atoms with E-state index in [2.05, 4.69) is 27.7 Å². The lowest BCUT2D eigenvalue weighted by atomic mass is 9.89. The summed E-state index contributed by atoms with van der Waals surface area (Å²) in [6.07, 6.45) is 8.70. The van der Waals surface area contributed by atoms with Gasteiger partial charge in [-0.2, -0.15) is 5.10 Å². The first-order valence-corrected chi connectivity index (χ1v) is 10.2. The summed E-state index contributed by atoms with van der Waals surface area (Å²) in [5, 5.41) is 9.59. The fourth-order valence-electron chi connectivity index (χ4n) is 4.10. The molecule has 7 heteroatoms. The molecule has 2 amide bonds. The van der Waals surface area contributed by atoms with Gasteiger partial charge in [0.1, 0.15) is 5.82 Å². The van der Waals surface area contributed by atoms with E-state index < -0.39 is 11.7 Å². The number of aromatic nitrogens is 2. The lowest BCUT2D eigenvalue weighted by Crippen LogP contribution is -2.41. The summed E-state index contributed by atoms with van der Waals surface area (Å²) < 4.78 is 13.7. The second kappa shape index (κ2) is 8.59. The number of nitrogens with one attached hydrogen (secondary N) is 2. The third-order valence-electron chi connectivity index (χ3n) is 5.82. The number of halogens is 1. The van der Waals surface area contributed by atoms with E-state index in [0.717, 1.165) is 50.9 Å². The summed E-state index contributed by atoms with van der Waals surface area (Å²) in [5.74, 6) is -0.315. The largest absolute Gasteiger partial charge is 0.342 e. The third-order valence-corrected chi connectivity index (χ3v) is 5.82. The summed E-state index contributed by atoms with van der Waals surface area (Å²) in [6.45, 7) is 1.44. The molecular weight excluding hydrogens is 371 g/mol. The summed E-state index contributed by atoms with van der Waals surface area (Å²) in [5.41, 5.74) is 1.25. The number of piperidine rings is 1. The highest BCUT2D eigenvalue weighted by atomic mass is 19.1. The Hall–Kier alpha value is -2.96. The number of allylic oxidation sites excluding steroid dienone is 2. The van der Waals surface area contributed by atoms with Gasteiger partial charge in [-0.05, 0) is 50.3 Å². The second-order valence-electron chi connectivity index (χ2n) is 7.72. The summed E-state index contributed by atoms with van der Waals surface area (Å²) in [4.78, 5) is 27.0. The fraction of sp³-hybridized carbons (Fsp3) is 0.409. The Morgan fingerprint density at radius 3 is 2.66 bits per heavy atom. The van der Waals surface area contributed by atoms with E-state index in [4.69, 9.17) is 0 Å². The minimum absolute atomic E-state index is 0.123. The van der Waals surface area contributed by atoms with Crippen LogP contribution in [-0.2, 0) is 4.79 Å². The smallest absolute Gasteiger partial charge is 0.276 e. The van der Waals surface area contributed by atoms with Crippen molar-refractivity contribution in [2.45, 2.75) is 38.0 Å². The van der Waals surface area contributed by atoms with E-state index in [1.54, 1.807) is 18.2 Å². The maximum atomic E-state index is 13.7. The van der Waals surface area contributed by atoms with Gasteiger partial charge in [-0.25, -0.2) is 4.39 Å². The molecule has 2 heterocycles. The van der Waals surface area contributed by atoms with Crippen LogP contribution < -0.4 is 5.32 Å². The zero-order valence-corrected chi connectivity index (χ0v) is 16.2. The normalized spacial score (nSPS) is 19.9. The molecule has 29 heavy (non-hydrogen) atoms. The average molecular weight is 396 g/mol. The lowest BCUT2D eigenvalue weighted by Gasteiger charge is -2.34. The number of amides is 2. The van der Waals surface area contributed by atoms with Crippen molar-refractivity contribution >= 4 is 17.5 Å². The molecule has 0 saturated carbocycles. The number of carbonyl (C=O) groups is 2. The molecule has 0 spiro atoms. The Morgan fingerprint density at radius 1 is 1.14 bits per heavy atom. The quantitative estimate of drug-likeness (QED) is 0.771. The summed E-state index contributed by atoms with van der Waals surface area (Å²) in [6, 6.07) is 7.76. The number of hydrogen-bond donors (Lipinski definition) is 2. The van der Waals surface area contributed by atoms with Crippen molar-refractivity contribution in [2.24, 2.45) is 5.92 Å². The van der Waals surface area contributed by atoms with Gasteiger partial charge in [0.2, 0.25) is 5.91 Å². The van der Waals surface area contributed by atoms with Crippen LogP contribution in [0.1, 0.15) is 54.2 Å². The Bertz CT molecular complexity index is 915. The van der Waals surface area contributed by atoms with Gasteiger partial charge < -0.3 is 10.2 Å². The molecule has 2 aromatic rings. The van der Waals surface area contributed by atoms with Gasteiger partial charge in [0.05, 0.1) is 5.69 Å². The van der Waals surface area contributed by atoms with E-state index in [0.29, 0.717) is 0 Å². The number of para-hydroxylation sites is 1. The SMILES string of the molecule is O=C(Nc1ccccc1F)c1cc(C2CCN(C(=O)[C@@H]3CC=CCC3)CC2)[nH]n1. The molecule has 1 saturated heterocycles. The van der Waals surface area contributed by atoms with Crippen LogP contribution in [0.15, 0.2) is 42.5 Å². The van der Waals surface area contributed by atoms with E-state index in [1.807, 2.05) is 4.90 Å². The molecule has 152 valence electrons. The van der Waals surface area contributed by atoms with Gasteiger partial charge >= 0.3 is 0 Å². The number of aromatic amines is 1. The maximum absolute atomic E-state index is 13.7. The molecule has 1 atom stereocenters. The van der Waals surface area contributed by atoms with Crippen molar-refractivity contribution in [3.05, 3.63) is 59.7 Å². The number of hydrogen-bond acceptors (Lipinski definition) is 3. The zero-order chi connectivity index (χ0) is 20.2. The maximum Gasteiger partial charge on any atom is 0.276 e. The number of rotatable bonds is 4. The van der Waals surface area contributed by atoms with Crippen LogP contribution in [0.3, 0.4) is 0 Å². The molecule has 0 radical (unpaired) electrons. The number of nitrogens with zero attached hydrogens (tertiary/aromatic N) is 2. The average Bonchev–Trinajstić information content (AvgIpc) is 3.26. The predicted molar refractivity (Wildman–Crippen MR) is 108 cm³/mol. The molecule has 4 rings (SSSR count). The van der Waals surface area contributed by atoms with Gasteiger partial charge in [-0.3, -0.25) is 14.7 Å². The number of anilines is 1. The molecule has 0 unspecified atom stereocenters. The van der Waals surface area contributed by atoms with Crippen LogP contribution in [0.5, 0.6) is 0 Å². The molecule has 2 aliphatic rings. The van der Waals surface area contributed by atoms with Crippen LogP contribution in [0.2, 0.25) is 0 Å². The van der Waals surface area contributed by atoms with Crippen LogP contribution >= 0.6 is 0 Å². The molecule has 6 nitrogen and oxygen atoms in total. The lowest BCUT2D eigenvalue weighted by molar-refractivity contribution is -0.136. The molecule has 1 aromatic heterocycles. The van der Waals surface area contributed by atoms with Crippen molar-refractivity contribution in [3.8, 4) is 0 Å². The van der Waals surface area contributed by atoms with Crippen LogP contribution in [-0.4, -0.2) is 40.0 Å². The van der Waals surface area contributed by atoms with E-state index in [1.165, 1.54) is 12.1 Å². The first-order chi connectivity index (χ1) is 14.1. The fourth-order valence-corrected chi connectivity index (χ4v) is 4.10. The van der Waals surface area contributed by atoms with Crippen molar-refractivity contribution in [2.75, 3.05) is 18.4 Å². The Balaban J connectivity index is 1.33. The van der Waals surface area contributed by atoms with Gasteiger partial charge in [0.25, 0.3) is 5.91 Å². The predicted octanol–water partition coefficient (Wildman–Crippen LogP) is 3.86. The monoisotopic (exact) mass is 396 g/mol. The number of benzene rings is 1. The highest BCUT2D eigenvalue weighted by Crippen LogP contribution is 2.29. The molecule has 1 fully saturated rings. The van der Waals surface area contributed by atoms with Crippen molar-refractivity contribution < 1.29 is 14.0 Å². The number of likely N-dealkylation sites (tertiary alicyclic amines) is 1. The zero-order valence-electron chi connectivity index (χ0n) is 16.2. The minimum atomic E-state index is -0.484. The number of carbonyl (C=O) groups excluding carboxylic acids is 2. The van der Waals surface area contributed by atoms with Crippen LogP contribution in [0.25, 0.3) is 0 Å². The standard InChI is InChI=1S/C22H25FN4O2/c23-17-8-4-5-9-18(17)24-21(28)20-14-19(25-26-20)15-10-12-27(13-11-15)22(29)16-6-2-1-3-7-16/h1-2,4-5,8-9,14-16H,3,6-7,10-13H2,(H,24,28)(H,25,26)/t16-/m1/s1. The molecular formula is C22H25FN4O2. The topological polar surface area (TPSA) is 78.1 Å². The first-order valence-electron chi connectivity index (χ1n) is 10.2. The van der Waals surface area contributed by atoms with Gasteiger partial charge in [-0.15, -0.1) is 0 Å². The molecule has 1 aliphatic heterocycles. The minimum Gasteiger partial charge on any atom is -0.342 e. The highest BCUT2D eigenvalue weighted by Gasteiger charge is 2.29. The van der Waals surface area contributed by atoms with E-state index in [-0.39, 0.29) is 29.1 Å². The van der Waals surface area contributed by atoms with Gasteiger partial charge in [0, 0.05) is 30.6 Å². The second-order valence-corrected chi connectivity index (χ2v) is 7.72. The van der Waals surface area contributed by atoms with E-state index >= 15 is 0 Å². The van der Waals surface area contributed by atoms with Crippen molar-refractivity contribution in [1.82, 2.24) is 15.1 Å². The summed E-state index contributed by atoms with van der Waals surface area (Å²) >= 11 is 0. The molecule has 0 bridgehead atoms.